The summed E-state index contributed by atoms with van der Waals surface area (Å²) in [4.78, 5) is 22.6. The molecule has 0 aromatic carbocycles. The van der Waals surface area contributed by atoms with Crippen LogP contribution in [0.25, 0.3) is 0 Å². The van der Waals surface area contributed by atoms with Gasteiger partial charge in [-0.25, -0.2) is 0 Å². The van der Waals surface area contributed by atoms with Crippen molar-refractivity contribution in [3.8, 4) is 0 Å². The summed E-state index contributed by atoms with van der Waals surface area (Å²) < 4.78 is 5.07. The monoisotopic (exact) mass is 214 g/mol. The van der Waals surface area contributed by atoms with Gasteiger partial charge in [0.25, 0.3) is 0 Å². The third-order valence-corrected chi connectivity index (χ3v) is 2.74. The van der Waals surface area contributed by atoms with Crippen LogP contribution in [0.15, 0.2) is 0 Å². The molecule has 0 bridgehead atoms. The molecule has 1 aliphatic carbocycles. The van der Waals surface area contributed by atoms with Crippen LogP contribution in [0, 0.1) is 11.8 Å². The van der Waals surface area contributed by atoms with Crippen LogP contribution in [0.1, 0.15) is 39.5 Å². The van der Waals surface area contributed by atoms with Gasteiger partial charge in [-0.05, 0) is 26.7 Å². The Morgan fingerprint density at radius 2 is 1.73 bits per heavy atom. The quantitative estimate of drug-likeness (QED) is 0.728. The zero-order chi connectivity index (χ0) is 11.4. The molecule has 0 aromatic heterocycles. The molecule has 0 heterocycles. The highest BCUT2D eigenvalue weighted by Crippen LogP contribution is 2.31. The van der Waals surface area contributed by atoms with Crippen LogP contribution in [0.5, 0.6) is 0 Å². The Labute approximate surface area is 89.6 Å². The van der Waals surface area contributed by atoms with Crippen molar-refractivity contribution >= 4 is 11.9 Å². The van der Waals surface area contributed by atoms with Crippen molar-refractivity contribution < 1.29 is 19.4 Å². The molecule has 4 heteroatoms. The van der Waals surface area contributed by atoms with Crippen molar-refractivity contribution in [3.63, 3.8) is 0 Å². The van der Waals surface area contributed by atoms with E-state index in [4.69, 9.17) is 9.84 Å². The van der Waals surface area contributed by atoms with Gasteiger partial charge in [0.2, 0.25) is 0 Å². The second kappa shape index (κ2) is 5.14. The van der Waals surface area contributed by atoms with Gasteiger partial charge < -0.3 is 9.84 Å². The van der Waals surface area contributed by atoms with E-state index in [1.165, 1.54) is 0 Å². The van der Waals surface area contributed by atoms with E-state index in [2.05, 4.69) is 0 Å². The second-order valence-corrected chi connectivity index (χ2v) is 4.32. The fraction of sp³-hybridized carbons (Fsp3) is 0.818. The molecule has 1 fully saturated rings. The number of carbonyl (C=O) groups is 2. The summed E-state index contributed by atoms with van der Waals surface area (Å²) in [5.41, 5.74) is 0. The Bertz CT molecular complexity index is 247. The van der Waals surface area contributed by atoms with Crippen LogP contribution in [0.3, 0.4) is 0 Å². The Morgan fingerprint density at radius 3 is 2.20 bits per heavy atom. The third-order valence-electron chi connectivity index (χ3n) is 2.74. The molecule has 1 saturated carbocycles. The second-order valence-electron chi connectivity index (χ2n) is 4.32. The van der Waals surface area contributed by atoms with Gasteiger partial charge in [-0.1, -0.05) is 12.8 Å². The number of rotatable bonds is 3. The molecular weight excluding hydrogens is 196 g/mol. The number of ether oxygens (including phenoxy) is 1. The SMILES string of the molecule is CC(C)OC(=O)C1CCCCC1C(=O)O. The molecule has 2 unspecified atom stereocenters. The summed E-state index contributed by atoms with van der Waals surface area (Å²) in [6, 6.07) is 0. The molecule has 1 N–H and O–H groups in total. The Kier molecular flexibility index (Phi) is 4.12. The average molecular weight is 214 g/mol. The van der Waals surface area contributed by atoms with Crippen LogP contribution in [-0.4, -0.2) is 23.1 Å². The van der Waals surface area contributed by atoms with Crippen LogP contribution < -0.4 is 0 Å². The van der Waals surface area contributed by atoms with Crippen molar-refractivity contribution in [2.75, 3.05) is 0 Å². The lowest BCUT2D eigenvalue weighted by Gasteiger charge is -2.27. The van der Waals surface area contributed by atoms with Crippen LogP contribution in [-0.2, 0) is 14.3 Å². The van der Waals surface area contributed by atoms with Gasteiger partial charge in [0, 0.05) is 0 Å². The van der Waals surface area contributed by atoms with Gasteiger partial charge in [-0.2, -0.15) is 0 Å². The third kappa shape index (κ3) is 3.22. The van der Waals surface area contributed by atoms with E-state index in [0.29, 0.717) is 12.8 Å². The van der Waals surface area contributed by atoms with Crippen molar-refractivity contribution in [3.05, 3.63) is 0 Å². The largest absolute Gasteiger partial charge is 0.481 e. The molecule has 0 aliphatic heterocycles. The topological polar surface area (TPSA) is 63.6 Å². The summed E-state index contributed by atoms with van der Waals surface area (Å²) in [6.45, 7) is 3.55. The summed E-state index contributed by atoms with van der Waals surface area (Å²) >= 11 is 0. The van der Waals surface area contributed by atoms with E-state index in [1.54, 1.807) is 13.8 Å². The summed E-state index contributed by atoms with van der Waals surface area (Å²) in [6.07, 6.45) is 2.87. The Hall–Kier alpha value is -1.06. The van der Waals surface area contributed by atoms with Crippen molar-refractivity contribution in [1.29, 1.82) is 0 Å². The molecule has 0 saturated heterocycles. The van der Waals surface area contributed by atoms with Crippen LogP contribution >= 0.6 is 0 Å². The fourth-order valence-electron chi connectivity index (χ4n) is 2.03. The van der Waals surface area contributed by atoms with E-state index in [-0.39, 0.29) is 12.1 Å². The Balaban J connectivity index is 2.63. The minimum atomic E-state index is -0.875. The fourth-order valence-corrected chi connectivity index (χ4v) is 2.03. The molecule has 4 nitrogen and oxygen atoms in total. The maximum atomic E-state index is 11.6. The smallest absolute Gasteiger partial charge is 0.310 e. The minimum absolute atomic E-state index is 0.172. The molecule has 0 spiro atoms. The summed E-state index contributed by atoms with van der Waals surface area (Å²) in [5.74, 6) is -2.22. The van der Waals surface area contributed by atoms with E-state index < -0.39 is 17.8 Å². The van der Waals surface area contributed by atoms with E-state index in [1.807, 2.05) is 0 Å². The first-order valence-corrected chi connectivity index (χ1v) is 5.45. The lowest BCUT2D eigenvalue weighted by atomic mass is 9.79. The Morgan fingerprint density at radius 1 is 1.20 bits per heavy atom. The highest BCUT2D eigenvalue weighted by Gasteiger charge is 2.36. The first-order chi connectivity index (χ1) is 7.02. The van der Waals surface area contributed by atoms with Crippen molar-refractivity contribution in [1.82, 2.24) is 0 Å². The van der Waals surface area contributed by atoms with Crippen molar-refractivity contribution in [2.24, 2.45) is 11.8 Å². The predicted molar refractivity (Wildman–Crippen MR) is 54.3 cm³/mol. The number of carbonyl (C=O) groups excluding carboxylic acids is 1. The first-order valence-electron chi connectivity index (χ1n) is 5.45. The maximum absolute atomic E-state index is 11.6. The average Bonchev–Trinajstić information content (AvgIpc) is 2.16. The zero-order valence-corrected chi connectivity index (χ0v) is 9.23. The van der Waals surface area contributed by atoms with Gasteiger partial charge in [0.15, 0.2) is 0 Å². The number of esters is 1. The molecular formula is C11H18O4. The number of carboxylic acid groups (broad SMARTS) is 1. The normalized spacial score (nSPS) is 26.3. The highest BCUT2D eigenvalue weighted by molar-refractivity contribution is 5.81. The standard InChI is InChI=1S/C11H18O4/c1-7(2)15-11(14)9-6-4-3-5-8(9)10(12)13/h7-9H,3-6H2,1-2H3,(H,12,13). The van der Waals surface area contributed by atoms with E-state index >= 15 is 0 Å². The van der Waals surface area contributed by atoms with Crippen LogP contribution in [0.4, 0.5) is 0 Å². The number of hydrogen-bond acceptors (Lipinski definition) is 3. The van der Waals surface area contributed by atoms with E-state index in [0.717, 1.165) is 12.8 Å². The summed E-state index contributed by atoms with van der Waals surface area (Å²) in [5, 5.41) is 8.98. The van der Waals surface area contributed by atoms with E-state index in [9.17, 15) is 9.59 Å². The number of aliphatic carboxylic acids is 1. The number of carboxylic acids is 1. The molecule has 1 aliphatic rings. The van der Waals surface area contributed by atoms with Gasteiger partial charge in [-0.3, -0.25) is 9.59 Å². The minimum Gasteiger partial charge on any atom is -0.481 e. The van der Waals surface area contributed by atoms with Crippen LogP contribution in [0.2, 0.25) is 0 Å². The summed E-state index contributed by atoms with van der Waals surface area (Å²) in [7, 11) is 0. The zero-order valence-electron chi connectivity index (χ0n) is 9.23. The lowest BCUT2D eigenvalue weighted by Crippen LogP contribution is -2.34. The highest BCUT2D eigenvalue weighted by atomic mass is 16.5. The lowest BCUT2D eigenvalue weighted by molar-refractivity contribution is -0.162. The molecule has 15 heavy (non-hydrogen) atoms. The van der Waals surface area contributed by atoms with Crippen molar-refractivity contribution in [2.45, 2.75) is 45.6 Å². The molecule has 0 aromatic rings. The first kappa shape index (κ1) is 12.0. The van der Waals surface area contributed by atoms with Gasteiger partial charge in [0.05, 0.1) is 17.9 Å². The van der Waals surface area contributed by atoms with Gasteiger partial charge in [-0.15, -0.1) is 0 Å². The number of hydrogen-bond donors (Lipinski definition) is 1. The predicted octanol–water partition coefficient (Wildman–Crippen LogP) is 1.83. The molecule has 0 amide bonds. The molecule has 1 rings (SSSR count). The van der Waals surface area contributed by atoms with Gasteiger partial charge in [0.1, 0.15) is 0 Å². The van der Waals surface area contributed by atoms with Gasteiger partial charge >= 0.3 is 11.9 Å². The maximum Gasteiger partial charge on any atom is 0.310 e. The molecule has 0 radical (unpaired) electrons. The molecule has 2 atom stereocenters. The molecule has 86 valence electrons.